The lowest BCUT2D eigenvalue weighted by Crippen LogP contribution is -2.57. The van der Waals surface area contributed by atoms with Crippen LogP contribution in [0.5, 0.6) is 0 Å². The fraction of sp³-hybridized carbons (Fsp3) is 0.615. The molecule has 0 spiro atoms. The molecule has 6 unspecified atom stereocenters. The van der Waals surface area contributed by atoms with Gasteiger partial charge in [0.25, 0.3) is 0 Å². The molecule has 0 aliphatic carbocycles. The lowest BCUT2D eigenvalue weighted by atomic mass is 10.0. The van der Waals surface area contributed by atoms with E-state index in [2.05, 4.69) is 42.2 Å². The molecule has 0 bridgehead atoms. The third-order valence-electron chi connectivity index (χ3n) is 9.25. The summed E-state index contributed by atoms with van der Waals surface area (Å²) < 4.78 is 0. The molecule has 1 aromatic rings. The number of amides is 7. The first kappa shape index (κ1) is 54.5. The van der Waals surface area contributed by atoms with Gasteiger partial charge in [-0.3, -0.25) is 38.6 Å². The molecule has 0 saturated heterocycles. The monoisotopic (exact) mass is 893 g/mol. The van der Waals surface area contributed by atoms with Crippen molar-refractivity contribution < 1.29 is 43.5 Å². The van der Waals surface area contributed by atoms with Gasteiger partial charge < -0.3 is 71.0 Å². The second kappa shape index (κ2) is 31.3. The first-order valence-electron chi connectivity index (χ1n) is 20.5. The number of nitrogens with one attached hydrogen (secondary N) is 7. The second-order valence-corrected chi connectivity index (χ2v) is 15.4. The minimum atomic E-state index is -1.30. The largest absolute Gasteiger partial charge is 0.480 e. The van der Waals surface area contributed by atoms with Gasteiger partial charge in [-0.15, -0.1) is 0 Å². The van der Waals surface area contributed by atoms with Crippen molar-refractivity contribution in [2.45, 2.75) is 107 Å². The quantitative estimate of drug-likeness (QED) is 0.0189. The van der Waals surface area contributed by atoms with E-state index in [-0.39, 0.29) is 44.6 Å². The number of nitrogens with two attached hydrogens (primary N) is 5. The van der Waals surface area contributed by atoms with Crippen molar-refractivity contribution in [1.29, 1.82) is 0 Å². The van der Waals surface area contributed by atoms with Crippen LogP contribution in [0.3, 0.4) is 0 Å². The van der Waals surface area contributed by atoms with Crippen LogP contribution in [0.15, 0.2) is 35.3 Å². The minimum Gasteiger partial charge on any atom is -0.480 e. The highest BCUT2D eigenvalue weighted by atomic mass is 32.2. The fourth-order valence-electron chi connectivity index (χ4n) is 5.73. The highest BCUT2D eigenvalue weighted by Crippen LogP contribution is 2.09. The fourth-order valence-corrected chi connectivity index (χ4v) is 6.22. The number of carboxylic acid groups (broad SMARTS) is 1. The third kappa shape index (κ3) is 23.5. The van der Waals surface area contributed by atoms with Crippen LogP contribution in [0.4, 0.5) is 0 Å². The Balaban J connectivity index is 2.87. The lowest BCUT2D eigenvalue weighted by Gasteiger charge is -2.25. The Hall–Kier alpha value is -5.52. The number of carboxylic acids is 1. The van der Waals surface area contributed by atoms with Crippen molar-refractivity contribution in [3.05, 3.63) is 35.9 Å². The maximum Gasteiger partial charge on any atom is 0.326 e. The number of hydrogen-bond donors (Lipinski definition) is 13. The van der Waals surface area contributed by atoms with E-state index >= 15 is 0 Å². The molecule has 0 fully saturated rings. The lowest BCUT2D eigenvalue weighted by molar-refractivity contribution is -0.142. The molecule has 1 aromatic carbocycles. The Morgan fingerprint density at radius 3 is 1.73 bits per heavy atom. The molecule has 0 aliphatic rings. The number of aliphatic carboxylic acids is 1. The number of hydrogen-bond acceptors (Lipinski definition) is 13. The van der Waals surface area contributed by atoms with E-state index in [0.717, 1.165) is 5.56 Å². The van der Waals surface area contributed by atoms with Gasteiger partial charge in [-0.1, -0.05) is 30.3 Å². The summed E-state index contributed by atoms with van der Waals surface area (Å²) in [5, 5.41) is 27.3. The molecular weight excluding hydrogens is 827 g/mol. The van der Waals surface area contributed by atoms with Crippen molar-refractivity contribution in [3.63, 3.8) is 0 Å². The van der Waals surface area contributed by atoms with Crippen LogP contribution < -0.4 is 65.9 Å². The summed E-state index contributed by atoms with van der Waals surface area (Å²) in [5.41, 5.74) is 28.6. The number of guanidine groups is 1. The summed E-state index contributed by atoms with van der Waals surface area (Å²) in [6, 6.07) is 2.26. The normalized spacial score (nSPS) is 13.7. The second-order valence-electron chi connectivity index (χ2n) is 14.5. The first-order valence-corrected chi connectivity index (χ1v) is 21.9. The van der Waals surface area contributed by atoms with Crippen molar-refractivity contribution in [2.24, 2.45) is 33.7 Å². The van der Waals surface area contributed by atoms with Crippen molar-refractivity contribution >= 4 is 65.0 Å². The molecule has 0 radical (unpaired) electrons. The smallest absolute Gasteiger partial charge is 0.326 e. The van der Waals surface area contributed by atoms with Crippen LogP contribution in [-0.2, 0) is 44.8 Å². The zero-order valence-electron chi connectivity index (χ0n) is 35.6. The van der Waals surface area contributed by atoms with Gasteiger partial charge >= 0.3 is 5.97 Å². The van der Waals surface area contributed by atoms with Gasteiger partial charge in [-0.05, 0) is 95.4 Å². The maximum absolute atomic E-state index is 13.6. The Bertz CT molecular complexity index is 1620. The average Bonchev–Trinajstić information content (AvgIpc) is 3.23. The molecular formula is C39H67N13O9S. The molecule has 62 heavy (non-hydrogen) atoms. The van der Waals surface area contributed by atoms with Gasteiger partial charge in [-0.25, -0.2) is 4.79 Å². The third-order valence-corrected chi connectivity index (χ3v) is 9.89. The summed E-state index contributed by atoms with van der Waals surface area (Å²) >= 11 is 1.53. The van der Waals surface area contributed by atoms with E-state index in [1.165, 1.54) is 18.7 Å². The van der Waals surface area contributed by atoms with Crippen LogP contribution in [0.2, 0.25) is 0 Å². The minimum absolute atomic E-state index is 0.00813. The zero-order valence-corrected chi connectivity index (χ0v) is 36.4. The first-order chi connectivity index (χ1) is 29.5. The van der Waals surface area contributed by atoms with E-state index < -0.39 is 96.7 Å². The number of thioether (sulfide) groups is 1. The molecule has 0 saturated carbocycles. The van der Waals surface area contributed by atoms with E-state index in [0.29, 0.717) is 50.9 Å². The van der Waals surface area contributed by atoms with Gasteiger partial charge in [-0.2, -0.15) is 11.8 Å². The van der Waals surface area contributed by atoms with Crippen LogP contribution >= 0.6 is 11.8 Å². The van der Waals surface area contributed by atoms with Crippen LogP contribution in [0, 0.1) is 0 Å². The Morgan fingerprint density at radius 2 is 1.18 bits per heavy atom. The number of carbonyl (C=O) groups excluding carboxylic acids is 7. The highest BCUT2D eigenvalue weighted by Gasteiger charge is 2.30. The Kier molecular flexibility index (Phi) is 27.6. The summed E-state index contributed by atoms with van der Waals surface area (Å²) in [6.07, 6.45) is 4.81. The molecule has 6 atom stereocenters. The SMILES string of the molecule is CSCCC(N)C(=O)NC(Cc1ccccc1)C(=O)NCC(=O)NCC(=O)NC(C)C(=O)NC(CCCCN)C(=O)NC(CCCCN)C(=O)NC(CCCN=C(N)N)C(=O)O. The standard InChI is InChI=1S/C39H67N13O9S/c1-24(48-32(54)23-46-31(53)22-47-35(57)30(21-25-11-4-3-5-12-25)52-34(56)26(42)16-20-62-2)33(55)49-27(13-6-8-17-40)36(58)50-28(14-7-9-18-41)37(59)51-29(38(60)61)15-10-19-45-39(43)44/h3-5,11-12,24,26-30H,6-10,13-23,40-42H2,1-2H3,(H,46,53)(H,47,57)(H,48,54)(H,49,55)(H,50,58)(H,51,59)(H,52,56)(H,60,61)(H4,43,44,45). The number of rotatable bonds is 32. The molecule has 22 nitrogen and oxygen atoms in total. The van der Waals surface area contributed by atoms with E-state index in [4.69, 9.17) is 28.7 Å². The van der Waals surface area contributed by atoms with Gasteiger partial charge in [0.05, 0.1) is 19.1 Å². The molecule has 18 N–H and O–H groups in total. The summed E-state index contributed by atoms with van der Waals surface area (Å²) in [7, 11) is 0. The molecule has 23 heteroatoms. The number of aliphatic imine (C=N–C) groups is 1. The molecule has 0 heterocycles. The van der Waals surface area contributed by atoms with Crippen LogP contribution in [-0.4, -0.2) is 139 Å². The van der Waals surface area contributed by atoms with Gasteiger partial charge in [0, 0.05) is 13.0 Å². The predicted molar refractivity (Wildman–Crippen MR) is 236 cm³/mol. The number of carbonyl (C=O) groups is 8. The van der Waals surface area contributed by atoms with E-state index in [9.17, 15) is 43.5 Å². The molecule has 1 rings (SSSR count). The molecule has 0 aromatic heterocycles. The molecule has 348 valence electrons. The van der Waals surface area contributed by atoms with Gasteiger partial charge in [0.2, 0.25) is 41.4 Å². The summed E-state index contributed by atoms with van der Waals surface area (Å²) in [5.74, 6) is -5.66. The Labute approximate surface area is 366 Å². The maximum atomic E-state index is 13.6. The van der Waals surface area contributed by atoms with Crippen LogP contribution in [0.25, 0.3) is 0 Å². The van der Waals surface area contributed by atoms with Gasteiger partial charge in [0.15, 0.2) is 5.96 Å². The molecule has 7 amide bonds. The number of unbranched alkanes of at least 4 members (excludes halogenated alkanes) is 2. The highest BCUT2D eigenvalue weighted by molar-refractivity contribution is 7.98. The van der Waals surface area contributed by atoms with Crippen molar-refractivity contribution in [3.8, 4) is 0 Å². The zero-order chi connectivity index (χ0) is 46.5. The van der Waals surface area contributed by atoms with E-state index in [1.54, 1.807) is 30.3 Å². The Morgan fingerprint density at radius 1 is 0.645 bits per heavy atom. The average molecular weight is 894 g/mol. The predicted octanol–water partition coefficient (Wildman–Crippen LogP) is -3.62. The number of nitrogens with zero attached hydrogens (tertiary/aromatic N) is 1. The number of benzene rings is 1. The topological polar surface area (TPSA) is 383 Å². The van der Waals surface area contributed by atoms with Crippen molar-refractivity contribution in [1.82, 2.24) is 37.2 Å². The van der Waals surface area contributed by atoms with Gasteiger partial charge in [0.1, 0.15) is 30.2 Å². The summed E-state index contributed by atoms with van der Waals surface area (Å²) in [4.78, 5) is 107. The molecule has 0 aliphatic heterocycles. The summed E-state index contributed by atoms with van der Waals surface area (Å²) in [6.45, 7) is 1.05. The van der Waals surface area contributed by atoms with E-state index in [1.807, 2.05) is 6.26 Å². The van der Waals surface area contributed by atoms with Crippen molar-refractivity contribution in [2.75, 3.05) is 44.7 Å². The van der Waals surface area contributed by atoms with Crippen LogP contribution in [0.1, 0.15) is 70.3 Å².